The molecule has 4 N–H and O–H groups in total. The van der Waals surface area contributed by atoms with Crippen molar-refractivity contribution in [3.05, 3.63) is 47.8 Å². The van der Waals surface area contributed by atoms with Gasteiger partial charge in [0.1, 0.15) is 11.5 Å². The number of nitrogens with one attached hydrogen (secondary N) is 2. The van der Waals surface area contributed by atoms with Crippen LogP contribution in [0.1, 0.15) is 16.1 Å². The van der Waals surface area contributed by atoms with Gasteiger partial charge in [0, 0.05) is 36.5 Å². The van der Waals surface area contributed by atoms with Crippen molar-refractivity contribution in [3.8, 4) is 34.3 Å². The van der Waals surface area contributed by atoms with Gasteiger partial charge in [0.15, 0.2) is 5.82 Å². The Labute approximate surface area is 137 Å². The Morgan fingerprint density at radius 3 is 2.62 bits per heavy atom. The molecule has 1 aliphatic heterocycles. The van der Waals surface area contributed by atoms with Crippen molar-refractivity contribution in [2.45, 2.75) is 6.42 Å². The number of phenolic OH excluding ortho intramolecular Hbond substituents is 2. The Hall–Kier alpha value is -3.35. The minimum atomic E-state index is -0.0917. The molecular formula is C17H14N4O3. The number of amides is 1. The number of rotatable bonds is 2. The monoisotopic (exact) mass is 322 g/mol. The fraction of sp³-hybridized carbons (Fsp3) is 0.118. The molecule has 0 fully saturated rings. The minimum Gasteiger partial charge on any atom is -0.508 e. The van der Waals surface area contributed by atoms with Crippen LogP contribution in [0.25, 0.3) is 22.8 Å². The summed E-state index contributed by atoms with van der Waals surface area (Å²) in [4.78, 5) is 23.8. The van der Waals surface area contributed by atoms with Gasteiger partial charge in [-0.1, -0.05) is 0 Å². The van der Waals surface area contributed by atoms with Crippen LogP contribution in [0, 0.1) is 0 Å². The number of carbonyl (C=O) groups excluding carboxylic acids is 1. The molecule has 2 aromatic heterocycles. The lowest BCUT2D eigenvalue weighted by molar-refractivity contribution is 0.0946. The van der Waals surface area contributed by atoms with Crippen LogP contribution in [0.3, 0.4) is 0 Å². The van der Waals surface area contributed by atoms with Crippen LogP contribution in [0.2, 0.25) is 0 Å². The number of nitrogens with zero attached hydrogens (tertiary/aromatic N) is 2. The second-order valence-electron chi connectivity index (χ2n) is 5.58. The van der Waals surface area contributed by atoms with E-state index in [-0.39, 0.29) is 17.4 Å². The molecule has 0 aliphatic carbocycles. The Morgan fingerprint density at radius 1 is 1.08 bits per heavy atom. The molecule has 120 valence electrons. The van der Waals surface area contributed by atoms with E-state index in [1.807, 2.05) is 0 Å². The lowest BCUT2D eigenvalue weighted by Gasteiger charge is -2.10. The summed E-state index contributed by atoms with van der Waals surface area (Å²) in [6.45, 7) is 0.614. The molecule has 1 aliphatic rings. The number of aromatic nitrogens is 3. The molecule has 3 aromatic rings. The predicted octanol–water partition coefficient (Wildman–Crippen LogP) is 1.84. The standard InChI is InChI=1S/C17H14N4O3/c22-10-5-9(6-11(23)7-10)16-18-3-2-14(21-16)15-8-12-13(20-15)1-4-19-17(12)24/h2-3,5-8,20,22-23H,1,4H2,(H,19,24). The second kappa shape index (κ2) is 5.38. The van der Waals surface area contributed by atoms with Gasteiger partial charge in [-0.3, -0.25) is 4.79 Å². The van der Waals surface area contributed by atoms with E-state index in [0.29, 0.717) is 29.2 Å². The van der Waals surface area contributed by atoms with Crippen molar-refractivity contribution in [2.24, 2.45) is 0 Å². The Balaban J connectivity index is 1.77. The van der Waals surface area contributed by atoms with Crippen LogP contribution in [0.5, 0.6) is 11.5 Å². The molecule has 24 heavy (non-hydrogen) atoms. The first-order valence-corrected chi connectivity index (χ1v) is 7.47. The molecule has 0 saturated carbocycles. The van der Waals surface area contributed by atoms with Gasteiger partial charge < -0.3 is 20.5 Å². The maximum Gasteiger partial charge on any atom is 0.253 e. The first-order valence-electron chi connectivity index (χ1n) is 7.47. The maximum absolute atomic E-state index is 11.9. The first kappa shape index (κ1) is 14.3. The number of hydrogen-bond donors (Lipinski definition) is 4. The second-order valence-corrected chi connectivity index (χ2v) is 5.58. The Morgan fingerprint density at radius 2 is 1.88 bits per heavy atom. The number of aromatic amines is 1. The average Bonchev–Trinajstić information content (AvgIpc) is 3.00. The van der Waals surface area contributed by atoms with E-state index in [2.05, 4.69) is 20.3 Å². The van der Waals surface area contributed by atoms with Gasteiger partial charge in [0.25, 0.3) is 5.91 Å². The number of benzene rings is 1. The smallest absolute Gasteiger partial charge is 0.253 e. The van der Waals surface area contributed by atoms with Crippen LogP contribution in [-0.2, 0) is 6.42 Å². The molecule has 0 radical (unpaired) electrons. The predicted molar refractivity (Wildman–Crippen MR) is 86.6 cm³/mol. The molecule has 1 amide bonds. The van der Waals surface area contributed by atoms with Crippen LogP contribution in [0.15, 0.2) is 36.5 Å². The van der Waals surface area contributed by atoms with E-state index in [1.54, 1.807) is 18.3 Å². The number of aromatic hydroxyl groups is 2. The highest BCUT2D eigenvalue weighted by Crippen LogP contribution is 2.28. The molecule has 0 unspecified atom stereocenters. The molecule has 7 heteroatoms. The quantitative estimate of drug-likeness (QED) is 0.575. The highest BCUT2D eigenvalue weighted by Gasteiger charge is 2.20. The van der Waals surface area contributed by atoms with Crippen LogP contribution < -0.4 is 5.32 Å². The van der Waals surface area contributed by atoms with Crippen LogP contribution in [-0.4, -0.2) is 37.6 Å². The van der Waals surface area contributed by atoms with Crippen molar-refractivity contribution in [1.29, 1.82) is 0 Å². The van der Waals surface area contributed by atoms with Gasteiger partial charge >= 0.3 is 0 Å². The highest BCUT2D eigenvalue weighted by molar-refractivity contribution is 5.97. The molecule has 3 heterocycles. The molecule has 1 aromatic carbocycles. The van der Waals surface area contributed by atoms with Gasteiger partial charge in [0.05, 0.1) is 17.0 Å². The third kappa shape index (κ3) is 2.45. The van der Waals surface area contributed by atoms with E-state index >= 15 is 0 Å². The lowest BCUT2D eigenvalue weighted by Crippen LogP contribution is -2.31. The summed E-state index contributed by atoms with van der Waals surface area (Å²) in [5.41, 5.74) is 3.38. The van der Waals surface area contributed by atoms with Crippen molar-refractivity contribution >= 4 is 5.91 Å². The summed E-state index contributed by atoms with van der Waals surface area (Å²) in [6.07, 6.45) is 2.35. The van der Waals surface area contributed by atoms with Crippen molar-refractivity contribution in [2.75, 3.05) is 6.54 Å². The van der Waals surface area contributed by atoms with Gasteiger partial charge in [-0.2, -0.15) is 0 Å². The summed E-state index contributed by atoms with van der Waals surface area (Å²) < 4.78 is 0. The summed E-state index contributed by atoms with van der Waals surface area (Å²) in [5.74, 6) is 0.152. The Bertz CT molecular complexity index is 929. The summed E-state index contributed by atoms with van der Waals surface area (Å²) in [5, 5.41) is 22.0. The minimum absolute atomic E-state index is 0.0639. The topological polar surface area (TPSA) is 111 Å². The van der Waals surface area contributed by atoms with Gasteiger partial charge in [-0.15, -0.1) is 0 Å². The molecule has 4 rings (SSSR count). The lowest BCUT2D eigenvalue weighted by atomic mass is 10.1. The summed E-state index contributed by atoms with van der Waals surface area (Å²) in [7, 11) is 0. The molecule has 0 spiro atoms. The van der Waals surface area contributed by atoms with E-state index in [4.69, 9.17) is 0 Å². The van der Waals surface area contributed by atoms with Crippen molar-refractivity contribution in [3.63, 3.8) is 0 Å². The zero-order valence-electron chi connectivity index (χ0n) is 12.6. The largest absolute Gasteiger partial charge is 0.508 e. The number of phenols is 2. The third-order valence-electron chi connectivity index (χ3n) is 3.90. The van der Waals surface area contributed by atoms with E-state index in [0.717, 1.165) is 17.8 Å². The Kier molecular flexibility index (Phi) is 3.19. The van der Waals surface area contributed by atoms with Crippen molar-refractivity contribution in [1.82, 2.24) is 20.3 Å². The molecule has 0 atom stereocenters. The highest BCUT2D eigenvalue weighted by atomic mass is 16.3. The van der Waals surface area contributed by atoms with Gasteiger partial charge in [-0.05, 0) is 24.3 Å². The van der Waals surface area contributed by atoms with E-state index in [9.17, 15) is 15.0 Å². The summed E-state index contributed by atoms with van der Waals surface area (Å²) >= 11 is 0. The van der Waals surface area contributed by atoms with E-state index < -0.39 is 0 Å². The number of hydrogen-bond acceptors (Lipinski definition) is 5. The molecule has 7 nitrogen and oxygen atoms in total. The van der Waals surface area contributed by atoms with E-state index in [1.165, 1.54) is 18.2 Å². The third-order valence-corrected chi connectivity index (χ3v) is 3.90. The number of H-pyrrole nitrogens is 1. The SMILES string of the molecule is O=C1NCCc2[nH]c(-c3ccnc(-c4cc(O)cc(O)c4)n3)cc21. The summed E-state index contributed by atoms with van der Waals surface area (Å²) in [6, 6.07) is 7.71. The normalized spacial score (nSPS) is 13.4. The number of fused-ring (bicyclic) bond motifs is 1. The zero-order valence-corrected chi connectivity index (χ0v) is 12.6. The fourth-order valence-corrected chi connectivity index (χ4v) is 2.80. The number of carbonyl (C=O) groups is 1. The van der Waals surface area contributed by atoms with Crippen LogP contribution in [0.4, 0.5) is 0 Å². The van der Waals surface area contributed by atoms with Crippen molar-refractivity contribution < 1.29 is 15.0 Å². The van der Waals surface area contributed by atoms with Gasteiger partial charge in [0.2, 0.25) is 0 Å². The molecule has 0 saturated heterocycles. The first-order chi connectivity index (χ1) is 11.6. The van der Waals surface area contributed by atoms with Crippen LogP contribution >= 0.6 is 0 Å². The fourth-order valence-electron chi connectivity index (χ4n) is 2.80. The maximum atomic E-state index is 11.9. The molecular weight excluding hydrogens is 308 g/mol. The zero-order chi connectivity index (χ0) is 16.7. The van der Waals surface area contributed by atoms with Gasteiger partial charge in [-0.25, -0.2) is 9.97 Å². The molecule has 0 bridgehead atoms. The average molecular weight is 322 g/mol.